The van der Waals surface area contributed by atoms with Gasteiger partial charge in [-0.3, -0.25) is 5.43 Å². The largest absolute Gasteiger partial charge is 0.489 e. The summed E-state index contributed by atoms with van der Waals surface area (Å²) >= 11 is 5.17. The first-order chi connectivity index (χ1) is 12.8. The highest BCUT2D eigenvalue weighted by Crippen LogP contribution is 2.38. The van der Waals surface area contributed by atoms with E-state index in [0.717, 1.165) is 32.0 Å². The van der Waals surface area contributed by atoms with Crippen molar-refractivity contribution in [2.75, 3.05) is 0 Å². The third kappa shape index (κ3) is 3.94. The van der Waals surface area contributed by atoms with Crippen LogP contribution >= 0.6 is 27.7 Å². The standard InChI is InChI=1S/C21H17BrN2OS/c22-17-12-10-15(11-13-17)14-25-19-9-5-4-8-18(19)21-24-23-20(26-21)16-6-2-1-3-7-16/h1-13,21,24H,14H2/t21-/m0/s1. The predicted molar refractivity (Wildman–Crippen MR) is 111 cm³/mol. The molecule has 0 saturated carbocycles. The van der Waals surface area contributed by atoms with Crippen LogP contribution in [0.2, 0.25) is 0 Å². The van der Waals surface area contributed by atoms with Gasteiger partial charge < -0.3 is 4.74 Å². The van der Waals surface area contributed by atoms with Crippen molar-refractivity contribution in [2.24, 2.45) is 5.10 Å². The Morgan fingerprint density at radius 1 is 0.923 bits per heavy atom. The van der Waals surface area contributed by atoms with Crippen LogP contribution < -0.4 is 10.2 Å². The highest BCUT2D eigenvalue weighted by molar-refractivity contribution is 9.10. The number of benzene rings is 3. The lowest BCUT2D eigenvalue weighted by Gasteiger charge is -2.15. The van der Waals surface area contributed by atoms with Crippen LogP contribution in [0.4, 0.5) is 0 Å². The first-order valence-electron chi connectivity index (χ1n) is 8.31. The monoisotopic (exact) mass is 424 g/mol. The Labute approximate surface area is 165 Å². The maximum atomic E-state index is 6.10. The number of hydrogen-bond donors (Lipinski definition) is 1. The normalized spacial score (nSPS) is 16.0. The molecule has 0 fully saturated rings. The van der Waals surface area contributed by atoms with Crippen LogP contribution in [-0.4, -0.2) is 5.04 Å². The molecule has 0 unspecified atom stereocenters. The van der Waals surface area contributed by atoms with Crippen molar-refractivity contribution >= 4 is 32.7 Å². The molecule has 0 aliphatic carbocycles. The topological polar surface area (TPSA) is 33.6 Å². The Bertz CT molecular complexity index is 913. The molecule has 0 amide bonds. The lowest BCUT2D eigenvalue weighted by molar-refractivity contribution is 0.302. The third-order valence-electron chi connectivity index (χ3n) is 4.04. The van der Waals surface area contributed by atoms with E-state index in [9.17, 15) is 0 Å². The van der Waals surface area contributed by atoms with Crippen molar-refractivity contribution < 1.29 is 4.74 Å². The summed E-state index contributed by atoms with van der Waals surface area (Å²) < 4.78 is 7.17. The second kappa shape index (κ2) is 7.98. The predicted octanol–water partition coefficient (Wildman–Crippen LogP) is 5.72. The fraction of sp³-hybridized carbons (Fsp3) is 0.0952. The Balaban J connectivity index is 1.47. The maximum Gasteiger partial charge on any atom is 0.126 e. The minimum absolute atomic E-state index is 0.0475. The molecule has 5 heteroatoms. The number of hydrogen-bond acceptors (Lipinski definition) is 4. The zero-order valence-electron chi connectivity index (χ0n) is 13.9. The molecule has 3 nitrogen and oxygen atoms in total. The molecule has 3 aromatic carbocycles. The van der Waals surface area contributed by atoms with E-state index in [1.807, 2.05) is 48.5 Å². The number of hydrazone groups is 1. The van der Waals surface area contributed by atoms with E-state index in [-0.39, 0.29) is 5.37 Å². The van der Waals surface area contributed by atoms with Gasteiger partial charge in [0, 0.05) is 15.6 Å². The molecule has 1 aliphatic heterocycles. The minimum atomic E-state index is 0.0475. The molecular weight excluding hydrogens is 408 g/mol. The zero-order chi connectivity index (χ0) is 17.8. The smallest absolute Gasteiger partial charge is 0.126 e. The minimum Gasteiger partial charge on any atom is -0.489 e. The van der Waals surface area contributed by atoms with Crippen LogP contribution in [-0.2, 0) is 6.61 Å². The first kappa shape index (κ1) is 17.2. The quantitative estimate of drug-likeness (QED) is 0.567. The molecule has 1 aliphatic rings. The molecule has 0 aromatic heterocycles. The van der Waals surface area contributed by atoms with Gasteiger partial charge in [0.15, 0.2) is 0 Å². The summed E-state index contributed by atoms with van der Waals surface area (Å²) in [5, 5.41) is 5.55. The fourth-order valence-electron chi connectivity index (χ4n) is 2.70. The second-order valence-electron chi connectivity index (χ2n) is 5.86. The molecule has 0 radical (unpaired) electrons. The summed E-state index contributed by atoms with van der Waals surface area (Å²) in [5.74, 6) is 0.880. The number of rotatable bonds is 5. The highest BCUT2D eigenvalue weighted by atomic mass is 79.9. The van der Waals surface area contributed by atoms with Crippen molar-refractivity contribution in [3.05, 3.63) is 100 Å². The van der Waals surface area contributed by atoms with Gasteiger partial charge in [-0.15, -0.1) is 0 Å². The van der Waals surface area contributed by atoms with Gasteiger partial charge in [-0.25, -0.2) is 0 Å². The fourth-order valence-corrected chi connectivity index (χ4v) is 3.99. The van der Waals surface area contributed by atoms with E-state index in [4.69, 9.17) is 4.74 Å². The summed E-state index contributed by atoms with van der Waals surface area (Å²) in [6.07, 6.45) is 0. The second-order valence-corrected chi connectivity index (χ2v) is 7.87. The van der Waals surface area contributed by atoms with Crippen molar-refractivity contribution in [1.29, 1.82) is 0 Å². The summed E-state index contributed by atoms with van der Waals surface area (Å²) in [7, 11) is 0. The number of nitrogens with zero attached hydrogens (tertiary/aromatic N) is 1. The van der Waals surface area contributed by atoms with E-state index in [1.54, 1.807) is 11.8 Å². The molecule has 1 atom stereocenters. The lowest BCUT2D eigenvalue weighted by atomic mass is 10.2. The van der Waals surface area contributed by atoms with Crippen LogP contribution in [0.5, 0.6) is 5.75 Å². The average molecular weight is 425 g/mol. The van der Waals surface area contributed by atoms with Crippen LogP contribution in [0.3, 0.4) is 0 Å². The molecule has 1 N–H and O–H groups in total. The van der Waals surface area contributed by atoms with Crippen LogP contribution in [0.15, 0.2) is 88.4 Å². The first-order valence-corrected chi connectivity index (χ1v) is 9.98. The van der Waals surface area contributed by atoms with E-state index in [1.165, 1.54) is 0 Å². The van der Waals surface area contributed by atoms with E-state index >= 15 is 0 Å². The van der Waals surface area contributed by atoms with Crippen LogP contribution in [0.25, 0.3) is 0 Å². The number of halogens is 1. The van der Waals surface area contributed by atoms with Gasteiger partial charge in [0.05, 0.1) is 0 Å². The Morgan fingerprint density at radius 3 is 2.46 bits per heavy atom. The van der Waals surface area contributed by atoms with Crippen molar-refractivity contribution in [1.82, 2.24) is 5.43 Å². The molecule has 0 bridgehead atoms. The van der Waals surface area contributed by atoms with Gasteiger partial charge in [-0.05, 0) is 23.8 Å². The molecule has 26 heavy (non-hydrogen) atoms. The number of thioether (sulfide) groups is 1. The SMILES string of the molecule is Brc1ccc(COc2ccccc2[C@H]2NN=C(c3ccccc3)S2)cc1. The lowest BCUT2D eigenvalue weighted by Crippen LogP contribution is -2.09. The molecular formula is C21H17BrN2OS. The Hall–Kier alpha value is -2.24. The van der Waals surface area contributed by atoms with E-state index in [2.05, 4.69) is 56.8 Å². The van der Waals surface area contributed by atoms with Gasteiger partial charge >= 0.3 is 0 Å². The Morgan fingerprint density at radius 2 is 1.65 bits per heavy atom. The zero-order valence-corrected chi connectivity index (χ0v) is 16.3. The number of para-hydroxylation sites is 1. The van der Waals surface area contributed by atoms with Crippen molar-refractivity contribution in [3.63, 3.8) is 0 Å². The van der Waals surface area contributed by atoms with Gasteiger partial charge in [0.2, 0.25) is 0 Å². The third-order valence-corrected chi connectivity index (χ3v) is 5.72. The molecule has 130 valence electrons. The van der Waals surface area contributed by atoms with Gasteiger partial charge in [-0.2, -0.15) is 5.10 Å². The van der Waals surface area contributed by atoms with Gasteiger partial charge in [0.1, 0.15) is 22.8 Å². The molecule has 1 heterocycles. The maximum absolute atomic E-state index is 6.10. The summed E-state index contributed by atoms with van der Waals surface area (Å²) in [6, 6.07) is 26.5. The van der Waals surface area contributed by atoms with Crippen molar-refractivity contribution in [3.8, 4) is 5.75 Å². The van der Waals surface area contributed by atoms with Gasteiger partial charge in [0.25, 0.3) is 0 Å². The van der Waals surface area contributed by atoms with E-state index < -0.39 is 0 Å². The summed E-state index contributed by atoms with van der Waals surface area (Å²) in [6.45, 7) is 0.536. The average Bonchev–Trinajstić information content (AvgIpc) is 3.19. The van der Waals surface area contributed by atoms with Gasteiger partial charge in [-0.1, -0.05) is 88.4 Å². The molecule has 0 saturated heterocycles. The molecule has 0 spiro atoms. The summed E-state index contributed by atoms with van der Waals surface area (Å²) in [5.41, 5.74) is 6.59. The summed E-state index contributed by atoms with van der Waals surface area (Å²) in [4.78, 5) is 0. The highest BCUT2D eigenvalue weighted by Gasteiger charge is 2.24. The molecule has 3 aromatic rings. The molecule has 4 rings (SSSR count). The van der Waals surface area contributed by atoms with E-state index in [0.29, 0.717) is 6.61 Å². The van der Waals surface area contributed by atoms with Crippen LogP contribution in [0.1, 0.15) is 22.1 Å². The Kier molecular flexibility index (Phi) is 5.27. The number of nitrogens with one attached hydrogen (secondary N) is 1. The number of ether oxygens (including phenoxy) is 1. The van der Waals surface area contributed by atoms with Crippen molar-refractivity contribution in [2.45, 2.75) is 12.0 Å². The van der Waals surface area contributed by atoms with Crippen LogP contribution in [0, 0.1) is 0 Å².